The second kappa shape index (κ2) is 5.67. The predicted octanol–water partition coefficient (Wildman–Crippen LogP) is 1.77. The van der Waals surface area contributed by atoms with Crippen LogP contribution < -0.4 is 5.32 Å². The average Bonchev–Trinajstić information content (AvgIpc) is 2.77. The number of aryl methyl sites for hydroxylation is 2. The Morgan fingerprint density at radius 1 is 1.42 bits per heavy atom. The topological polar surface area (TPSA) is 62.5 Å². The Hall–Kier alpha value is -1.46. The molecular weight excluding hydrogens is 240 g/mol. The van der Waals surface area contributed by atoms with Gasteiger partial charge in [-0.1, -0.05) is 6.92 Å². The zero-order valence-electron chi connectivity index (χ0n) is 12.0. The summed E-state index contributed by atoms with van der Waals surface area (Å²) < 4.78 is 1.88. The Balaban J connectivity index is 2.31. The molecule has 0 radical (unpaired) electrons. The van der Waals surface area contributed by atoms with Crippen LogP contribution in [0.2, 0.25) is 0 Å². The van der Waals surface area contributed by atoms with Gasteiger partial charge in [-0.15, -0.1) is 0 Å². The van der Waals surface area contributed by atoms with E-state index >= 15 is 0 Å². The maximum Gasteiger partial charge on any atom is 0.155 e. The molecule has 0 amide bonds. The van der Waals surface area contributed by atoms with Crippen LogP contribution in [0.25, 0.3) is 5.65 Å². The summed E-state index contributed by atoms with van der Waals surface area (Å²) in [5.74, 6) is 0. The van der Waals surface area contributed by atoms with Crippen molar-refractivity contribution in [2.75, 3.05) is 6.61 Å². The molecule has 2 unspecified atom stereocenters. The highest BCUT2D eigenvalue weighted by atomic mass is 16.3. The van der Waals surface area contributed by atoms with E-state index in [0.29, 0.717) is 0 Å². The second-order valence-electron chi connectivity index (χ2n) is 5.03. The Bertz CT molecular complexity index is 560. The largest absolute Gasteiger partial charge is 0.395 e. The molecule has 2 heterocycles. The van der Waals surface area contributed by atoms with Crippen LogP contribution >= 0.6 is 0 Å². The van der Waals surface area contributed by atoms with Gasteiger partial charge in [0.25, 0.3) is 0 Å². The third kappa shape index (κ3) is 2.77. The summed E-state index contributed by atoms with van der Waals surface area (Å²) in [6.45, 7) is 8.32. The number of nitrogens with one attached hydrogen (secondary N) is 1. The lowest BCUT2D eigenvalue weighted by atomic mass is 10.1. The number of aromatic nitrogens is 3. The van der Waals surface area contributed by atoms with Gasteiger partial charge >= 0.3 is 0 Å². The Morgan fingerprint density at radius 2 is 2.16 bits per heavy atom. The molecular formula is C14H22N4O. The van der Waals surface area contributed by atoms with Crippen LogP contribution in [0.1, 0.15) is 43.3 Å². The van der Waals surface area contributed by atoms with E-state index in [9.17, 15) is 5.11 Å². The summed E-state index contributed by atoms with van der Waals surface area (Å²) in [4.78, 5) is 4.44. The third-order valence-electron chi connectivity index (χ3n) is 3.55. The molecule has 2 N–H and O–H groups in total. The van der Waals surface area contributed by atoms with Crippen molar-refractivity contribution in [3.8, 4) is 0 Å². The number of rotatable bonds is 5. The van der Waals surface area contributed by atoms with Crippen LogP contribution in [0.3, 0.4) is 0 Å². The summed E-state index contributed by atoms with van der Waals surface area (Å²) in [7, 11) is 0. The summed E-state index contributed by atoms with van der Waals surface area (Å²) >= 11 is 0. The zero-order valence-corrected chi connectivity index (χ0v) is 12.0. The normalized spacial score (nSPS) is 14.8. The minimum absolute atomic E-state index is 0.115. The summed E-state index contributed by atoms with van der Waals surface area (Å²) in [6.07, 6.45) is 2.80. The number of aliphatic hydroxyl groups excluding tert-OH is 1. The van der Waals surface area contributed by atoms with Gasteiger partial charge in [-0.2, -0.15) is 5.10 Å². The Morgan fingerprint density at radius 3 is 2.79 bits per heavy atom. The fourth-order valence-electron chi connectivity index (χ4n) is 2.34. The van der Waals surface area contributed by atoms with Crippen LogP contribution in [0.5, 0.6) is 0 Å². The van der Waals surface area contributed by atoms with E-state index < -0.39 is 0 Å². The number of hydrogen-bond donors (Lipinski definition) is 2. The molecule has 19 heavy (non-hydrogen) atoms. The first-order valence-corrected chi connectivity index (χ1v) is 6.75. The molecule has 0 fully saturated rings. The van der Waals surface area contributed by atoms with E-state index in [1.807, 2.05) is 23.7 Å². The summed E-state index contributed by atoms with van der Waals surface area (Å²) in [6, 6.07) is 2.22. The van der Waals surface area contributed by atoms with Crippen molar-refractivity contribution in [2.24, 2.45) is 0 Å². The lowest BCUT2D eigenvalue weighted by Gasteiger charge is -2.22. The lowest BCUT2D eigenvalue weighted by molar-refractivity contribution is 0.230. The number of nitrogens with zero attached hydrogens (tertiary/aromatic N) is 3. The van der Waals surface area contributed by atoms with Gasteiger partial charge in [0.05, 0.1) is 12.3 Å². The minimum atomic E-state index is 0.115. The molecule has 5 heteroatoms. The molecule has 0 saturated carbocycles. The van der Waals surface area contributed by atoms with Crippen molar-refractivity contribution in [3.05, 3.63) is 29.2 Å². The summed E-state index contributed by atoms with van der Waals surface area (Å²) in [5, 5.41) is 17.1. The predicted molar refractivity (Wildman–Crippen MR) is 75.2 cm³/mol. The number of fused-ring (bicyclic) bond motifs is 1. The molecule has 0 bridgehead atoms. The van der Waals surface area contributed by atoms with E-state index in [4.69, 9.17) is 0 Å². The molecule has 2 aromatic heterocycles. The van der Waals surface area contributed by atoms with Gasteiger partial charge in [0.15, 0.2) is 5.65 Å². The molecule has 0 aliphatic carbocycles. The molecule has 0 aliphatic heterocycles. The molecule has 0 saturated heterocycles. The highest BCUT2D eigenvalue weighted by molar-refractivity contribution is 5.42. The monoisotopic (exact) mass is 262 g/mol. The summed E-state index contributed by atoms with van der Waals surface area (Å²) in [5.41, 5.74) is 4.05. The van der Waals surface area contributed by atoms with Crippen molar-refractivity contribution >= 4 is 5.65 Å². The van der Waals surface area contributed by atoms with E-state index in [1.54, 1.807) is 0 Å². The minimum Gasteiger partial charge on any atom is -0.395 e. The zero-order chi connectivity index (χ0) is 14.0. The average molecular weight is 262 g/mol. The van der Waals surface area contributed by atoms with Gasteiger partial charge in [0.1, 0.15) is 0 Å². The molecule has 5 nitrogen and oxygen atoms in total. The van der Waals surface area contributed by atoms with Crippen molar-refractivity contribution in [3.63, 3.8) is 0 Å². The smallest absolute Gasteiger partial charge is 0.155 e. The molecule has 2 atom stereocenters. The molecule has 2 rings (SSSR count). The first-order chi connectivity index (χ1) is 9.06. The molecule has 0 aromatic carbocycles. The quantitative estimate of drug-likeness (QED) is 0.862. The second-order valence-corrected chi connectivity index (χ2v) is 5.03. The van der Waals surface area contributed by atoms with E-state index in [-0.39, 0.29) is 18.7 Å². The van der Waals surface area contributed by atoms with Gasteiger partial charge < -0.3 is 10.4 Å². The number of aliphatic hydroxyl groups is 1. The van der Waals surface area contributed by atoms with Crippen LogP contribution in [0.4, 0.5) is 0 Å². The van der Waals surface area contributed by atoms with Crippen molar-refractivity contribution < 1.29 is 5.11 Å². The molecule has 104 valence electrons. The first-order valence-electron chi connectivity index (χ1n) is 6.75. The molecule has 0 spiro atoms. The van der Waals surface area contributed by atoms with Gasteiger partial charge in [-0.25, -0.2) is 9.50 Å². The highest BCUT2D eigenvalue weighted by Gasteiger charge is 2.15. The van der Waals surface area contributed by atoms with E-state index in [0.717, 1.165) is 29.0 Å². The maximum absolute atomic E-state index is 9.27. The lowest BCUT2D eigenvalue weighted by Crippen LogP contribution is -2.34. The standard InChI is InChI=1S/C14H22N4O/c1-5-12(8-19)16-10(3)13-7-15-14-6-9(2)17-18(14)11(13)4/h6-7,10,12,16,19H,5,8H2,1-4H3. The van der Waals surface area contributed by atoms with Crippen molar-refractivity contribution in [2.45, 2.75) is 46.2 Å². The van der Waals surface area contributed by atoms with Crippen molar-refractivity contribution in [1.29, 1.82) is 0 Å². The van der Waals surface area contributed by atoms with Crippen LogP contribution in [0, 0.1) is 13.8 Å². The van der Waals surface area contributed by atoms with Gasteiger partial charge in [-0.3, -0.25) is 0 Å². The van der Waals surface area contributed by atoms with Crippen molar-refractivity contribution in [1.82, 2.24) is 19.9 Å². The van der Waals surface area contributed by atoms with Gasteiger partial charge in [0, 0.05) is 35.6 Å². The van der Waals surface area contributed by atoms with Gasteiger partial charge in [-0.05, 0) is 27.2 Å². The van der Waals surface area contributed by atoms with Crippen LogP contribution in [-0.4, -0.2) is 32.4 Å². The van der Waals surface area contributed by atoms with Crippen LogP contribution in [-0.2, 0) is 0 Å². The fourth-order valence-corrected chi connectivity index (χ4v) is 2.34. The highest BCUT2D eigenvalue weighted by Crippen LogP contribution is 2.18. The van der Waals surface area contributed by atoms with Crippen LogP contribution in [0.15, 0.2) is 12.3 Å². The molecule has 0 aliphatic rings. The SMILES string of the molecule is CCC(CO)NC(C)c1cnc2cc(C)nn2c1C. The molecule has 2 aromatic rings. The Kier molecular flexibility index (Phi) is 4.17. The van der Waals surface area contributed by atoms with Gasteiger partial charge in [0.2, 0.25) is 0 Å². The first kappa shape index (κ1) is 14.0. The maximum atomic E-state index is 9.27. The van der Waals surface area contributed by atoms with E-state index in [2.05, 4.69) is 36.2 Å². The van der Waals surface area contributed by atoms with E-state index in [1.165, 1.54) is 0 Å². The number of hydrogen-bond acceptors (Lipinski definition) is 4. The Labute approximate surface area is 113 Å². The third-order valence-corrected chi connectivity index (χ3v) is 3.55. The fraction of sp³-hybridized carbons (Fsp3) is 0.571.